The number of carbonyl (C=O) groups excluding carboxylic acids is 1. The van der Waals surface area contributed by atoms with Crippen LogP contribution in [0.25, 0.3) is 0 Å². The minimum Gasteiger partial charge on any atom is -0.383 e. The summed E-state index contributed by atoms with van der Waals surface area (Å²) >= 11 is 0. The minimum atomic E-state index is -0.230. The smallest absolute Gasteiger partial charge is 0.253 e. The maximum absolute atomic E-state index is 11.8. The first kappa shape index (κ1) is 12.8. The van der Waals surface area contributed by atoms with Gasteiger partial charge in [-0.3, -0.25) is 15.1 Å². The van der Waals surface area contributed by atoms with Crippen LogP contribution in [0.5, 0.6) is 0 Å². The van der Waals surface area contributed by atoms with Crippen LogP contribution < -0.4 is 11.3 Å². The summed E-state index contributed by atoms with van der Waals surface area (Å²) in [6.07, 6.45) is 5.19. The average Bonchev–Trinajstić information content (AvgIpc) is 3.19. The molecule has 5 nitrogen and oxygen atoms in total. The first-order valence-electron chi connectivity index (χ1n) is 6.48. The summed E-state index contributed by atoms with van der Waals surface area (Å²) in [6, 6.07) is -0.230. The summed E-state index contributed by atoms with van der Waals surface area (Å²) in [4.78, 5) is 14.1. The molecule has 2 aliphatic rings. The van der Waals surface area contributed by atoms with E-state index in [4.69, 9.17) is 10.6 Å². The van der Waals surface area contributed by atoms with Gasteiger partial charge in [-0.1, -0.05) is 0 Å². The number of hydrazine groups is 1. The minimum absolute atomic E-state index is 0.131. The lowest BCUT2D eigenvalue weighted by Gasteiger charge is -2.30. The maximum atomic E-state index is 11.8. The molecule has 0 bridgehead atoms. The Morgan fingerprint density at radius 2 is 1.88 bits per heavy atom. The van der Waals surface area contributed by atoms with Gasteiger partial charge in [0.25, 0.3) is 5.91 Å². The number of carbonyl (C=O) groups is 1. The van der Waals surface area contributed by atoms with E-state index in [1.807, 2.05) is 0 Å². The van der Waals surface area contributed by atoms with Crippen LogP contribution in [0, 0.1) is 11.8 Å². The molecule has 0 saturated heterocycles. The van der Waals surface area contributed by atoms with Crippen LogP contribution in [0.2, 0.25) is 0 Å². The lowest BCUT2D eigenvalue weighted by molar-refractivity contribution is -0.128. The van der Waals surface area contributed by atoms with Crippen molar-refractivity contribution in [1.29, 1.82) is 0 Å². The fraction of sp³-hybridized carbons (Fsp3) is 0.917. The third-order valence-corrected chi connectivity index (χ3v) is 3.59. The quantitative estimate of drug-likeness (QED) is 0.360. The fourth-order valence-electron chi connectivity index (χ4n) is 2.19. The predicted molar refractivity (Wildman–Crippen MR) is 65.0 cm³/mol. The second-order valence-corrected chi connectivity index (χ2v) is 5.32. The standard InChI is InChI=1S/C12H23N3O2/c1-17-8-11(12(16)14-13)15(6-9-2-3-9)7-10-4-5-10/h9-11H,2-8,13H2,1H3,(H,14,16). The Bertz CT molecular complexity index is 250. The first-order valence-corrected chi connectivity index (χ1v) is 6.48. The Hall–Kier alpha value is -0.650. The molecule has 0 spiro atoms. The van der Waals surface area contributed by atoms with Gasteiger partial charge < -0.3 is 4.74 Å². The van der Waals surface area contributed by atoms with Gasteiger partial charge in [0.05, 0.1) is 6.61 Å². The van der Waals surface area contributed by atoms with E-state index in [9.17, 15) is 4.79 Å². The Morgan fingerprint density at radius 1 is 1.35 bits per heavy atom. The third-order valence-electron chi connectivity index (χ3n) is 3.59. The molecule has 1 amide bonds. The zero-order chi connectivity index (χ0) is 12.3. The van der Waals surface area contributed by atoms with Gasteiger partial charge in [-0.15, -0.1) is 0 Å². The zero-order valence-electron chi connectivity index (χ0n) is 10.5. The van der Waals surface area contributed by atoms with Crippen molar-refractivity contribution in [3.63, 3.8) is 0 Å². The van der Waals surface area contributed by atoms with Crippen LogP contribution in [0.4, 0.5) is 0 Å². The molecule has 17 heavy (non-hydrogen) atoms. The number of ether oxygens (including phenoxy) is 1. The van der Waals surface area contributed by atoms with Crippen LogP contribution in [0.15, 0.2) is 0 Å². The Labute approximate surface area is 103 Å². The number of rotatable bonds is 8. The van der Waals surface area contributed by atoms with Gasteiger partial charge in [-0.05, 0) is 37.5 Å². The second kappa shape index (κ2) is 5.80. The highest BCUT2D eigenvalue weighted by atomic mass is 16.5. The van der Waals surface area contributed by atoms with E-state index in [0.717, 1.165) is 24.9 Å². The molecule has 2 aliphatic carbocycles. The predicted octanol–water partition coefficient (Wildman–Crippen LogP) is 0.113. The van der Waals surface area contributed by atoms with E-state index in [1.165, 1.54) is 25.7 Å². The summed E-state index contributed by atoms with van der Waals surface area (Å²) < 4.78 is 5.15. The number of hydrogen-bond acceptors (Lipinski definition) is 4. The topological polar surface area (TPSA) is 67.6 Å². The van der Waals surface area contributed by atoms with Crippen molar-refractivity contribution in [3.8, 4) is 0 Å². The highest BCUT2D eigenvalue weighted by molar-refractivity contribution is 5.81. The van der Waals surface area contributed by atoms with Gasteiger partial charge in [0.1, 0.15) is 6.04 Å². The van der Waals surface area contributed by atoms with Crippen molar-refractivity contribution in [3.05, 3.63) is 0 Å². The van der Waals surface area contributed by atoms with E-state index >= 15 is 0 Å². The van der Waals surface area contributed by atoms with Crippen molar-refractivity contribution >= 4 is 5.91 Å². The first-order chi connectivity index (χ1) is 8.24. The van der Waals surface area contributed by atoms with Gasteiger partial charge in [0.15, 0.2) is 0 Å². The molecule has 0 aromatic carbocycles. The Morgan fingerprint density at radius 3 is 2.24 bits per heavy atom. The number of nitrogens with one attached hydrogen (secondary N) is 1. The van der Waals surface area contributed by atoms with E-state index in [-0.39, 0.29) is 11.9 Å². The van der Waals surface area contributed by atoms with Crippen molar-refractivity contribution < 1.29 is 9.53 Å². The Balaban J connectivity index is 1.93. The van der Waals surface area contributed by atoms with Crippen LogP contribution in [-0.2, 0) is 9.53 Å². The lowest BCUT2D eigenvalue weighted by Crippen LogP contribution is -2.52. The molecule has 5 heteroatoms. The fourth-order valence-corrected chi connectivity index (χ4v) is 2.19. The highest BCUT2D eigenvalue weighted by Gasteiger charge is 2.35. The molecule has 3 N–H and O–H groups in total. The van der Waals surface area contributed by atoms with Gasteiger partial charge in [-0.25, -0.2) is 5.84 Å². The van der Waals surface area contributed by atoms with E-state index < -0.39 is 0 Å². The molecule has 98 valence electrons. The van der Waals surface area contributed by atoms with Crippen LogP contribution in [0.3, 0.4) is 0 Å². The van der Waals surface area contributed by atoms with E-state index in [1.54, 1.807) is 7.11 Å². The summed E-state index contributed by atoms with van der Waals surface area (Å²) in [6.45, 7) is 2.44. The summed E-state index contributed by atoms with van der Waals surface area (Å²) in [5.41, 5.74) is 2.26. The Kier molecular flexibility index (Phi) is 4.36. The number of nitrogens with zero attached hydrogens (tertiary/aromatic N) is 1. The lowest BCUT2D eigenvalue weighted by atomic mass is 10.2. The van der Waals surface area contributed by atoms with Crippen molar-refractivity contribution in [2.24, 2.45) is 17.7 Å². The zero-order valence-corrected chi connectivity index (χ0v) is 10.5. The van der Waals surface area contributed by atoms with Gasteiger partial charge in [-0.2, -0.15) is 0 Å². The third kappa shape index (κ3) is 3.94. The van der Waals surface area contributed by atoms with Crippen LogP contribution in [0.1, 0.15) is 25.7 Å². The van der Waals surface area contributed by atoms with Gasteiger partial charge >= 0.3 is 0 Å². The van der Waals surface area contributed by atoms with Crippen LogP contribution in [-0.4, -0.2) is 43.7 Å². The monoisotopic (exact) mass is 241 g/mol. The largest absolute Gasteiger partial charge is 0.383 e. The maximum Gasteiger partial charge on any atom is 0.253 e. The van der Waals surface area contributed by atoms with Crippen molar-refractivity contribution in [2.45, 2.75) is 31.7 Å². The van der Waals surface area contributed by atoms with E-state index in [2.05, 4.69) is 10.3 Å². The molecule has 0 aromatic heterocycles. The molecule has 1 atom stereocenters. The number of hydrogen-bond donors (Lipinski definition) is 2. The number of amides is 1. The van der Waals surface area contributed by atoms with Crippen molar-refractivity contribution in [1.82, 2.24) is 10.3 Å². The van der Waals surface area contributed by atoms with E-state index in [0.29, 0.717) is 6.61 Å². The molecule has 0 aromatic rings. The highest BCUT2D eigenvalue weighted by Crippen LogP contribution is 2.34. The average molecular weight is 241 g/mol. The van der Waals surface area contributed by atoms with Crippen LogP contribution >= 0.6 is 0 Å². The number of nitrogens with two attached hydrogens (primary N) is 1. The molecule has 2 fully saturated rings. The van der Waals surface area contributed by atoms with Gasteiger partial charge in [0.2, 0.25) is 0 Å². The van der Waals surface area contributed by atoms with Crippen molar-refractivity contribution in [2.75, 3.05) is 26.8 Å². The molecule has 2 saturated carbocycles. The second-order valence-electron chi connectivity index (χ2n) is 5.32. The molecule has 0 heterocycles. The summed E-state index contributed by atoms with van der Waals surface area (Å²) in [5.74, 6) is 6.67. The molecular formula is C12H23N3O2. The normalized spacial score (nSPS) is 21.6. The molecule has 1 unspecified atom stereocenters. The summed E-state index contributed by atoms with van der Waals surface area (Å²) in [7, 11) is 1.63. The molecule has 0 aliphatic heterocycles. The summed E-state index contributed by atoms with van der Waals surface area (Å²) in [5, 5.41) is 0. The molecule has 0 radical (unpaired) electrons. The molecular weight excluding hydrogens is 218 g/mol. The number of methoxy groups -OCH3 is 1. The SMILES string of the molecule is COCC(C(=O)NN)N(CC1CC1)CC1CC1. The molecule has 2 rings (SSSR count). The van der Waals surface area contributed by atoms with Gasteiger partial charge in [0, 0.05) is 20.2 Å².